The minimum atomic E-state index is -3.46. The summed E-state index contributed by atoms with van der Waals surface area (Å²) in [4.78, 5) is 0.244. The van der Waals surface area contributed by atoms with Crippen molar-refractivity contribution in [2.75, 3.05) is 20.1 Å². The molecule has 0 aliphatic carbocycles. The van der Waals surface area contributed by atoms with Crippen LogP contribution in [0, 0.1) is 18.3 Å². The minimum absolute atomic E-state index is 0.0194. The van der Waals surface area contributed by atoms with Crippen LogP contribution in [0.4, 0.5) is 0 Å². The molecule has 0 atom stereocenters. The normalized spacial score (nSPS) is 16.3. The van der Waals surface area contributed by atoms with Crippen LogP contribution in [0.5, 0.6) is 0 Å². The van der Waals surface area contributed by atoms with Crippen molar-refractivity contribution >= 4 is 10.0 Å². The zero-order chi connectivity index (χ0) is 13.3. The van der Waals surface area contributed by atoms with Gasteiger partial charge in [0.25, 0.3) is 0 Å². The van der Waals surface area contributed by atoms with Crippen LogP contribution in [0.3, 0.4) is 0 Å². The number of rotatable bonds is 3. The number of nitriles is 1. The van der Waals surface area contributed by atoms with Gasteiger partial charge in [-0.3, -0.25) is 0 Å². The smallest absolute Gasteiger partial charge is 0.243 e. The molecule has 6 heteroatoms. The third-order valence-electron chi connectivity index (χ3n) is 3.27. The van der Waals surface area contributed by atoms with Gasteiger partial charge in [-0.2, -0.15) is 9.57 Å². The molecule has 0 radical (unpaired) electrons. The number of aryl methyl sites for hydroxylation is 1. The van der Waals surface area contributed by atoms with Gasteiger partial charge in [-0.25, -0.2) is 8.42 Å². The van der Waals surface area contributed by atoms with E-state index in [9.17, 15) is 8.42 Å². The van der Waals surface area contributed by atoms with E-state index < -0.39 is 10.0 Å². The van der Waals surface area contributed by atoms with E-state index in [1.54, 1.807) is 26.1 Å². The van der Waals surface area contributed by atoms with Gasteiger partial charge in [0.05, 0.1) is 16.5 Å². The summed E-state index contributed by atoms with van der Waals surface area (Å²) in [5.74, 6) is 0. The number of sulfonamides is 1. The summed E-state index contributed by atoms with van der Waals surface area (Å²) in [5, 5.41) is 11.9. The number of benzene rings is 1. The lowest BCUT2D eigenvalue weighted by molar-refractivity contribution is 0.274. The molecule has 18 heavy (non-hydrogen) atoms. The maximum absolute atomic E-state index is 12.3. The van der Waals surface area contributed by atoms with Gasteiger partial charge < -0.3 is 5.32 Å². The molecule has 1 fully saturated rings. The van der Waals surface area contributed by atoms with Gasteiger partial charge in [-0.1, -0.05) is 0 Å². The molecule has 0 amide bonds. The lowest BCUT2D eigenvalue weighted by atomic mass is 10.1. The van der Waals surface area contributed by atoms with Gasteiger partial charge in [-0.05, 0) is 30.7 Å². The maximum atomic E-state index is 12.3. The first-order valence-corrected chi connectivity index (χ1v) is 7.10. The summed E-state index contributed by atoms with van der Waals surface area (Å²) in [6.45, 7) is 3.11. The Bertz CT molecular complexity index is 600. The Morgan fingerprint density at radius 2 is 2.11 bits per heavy atom. The lowest BCUT2D eigenvalue weighted by Gasteiger charge is -2.34. The number of likely N-dealkylation sites (N-methyl/N-ethyl adjacent to an activating group) is 1. The van der Waals surface area contributed by atoms with E-state index in [-0.39, 0.29) is 10.9 Å². The van der Waals surface area contributed by atoms with E-state index in [0.29, 0.717) is 24.2 Å². The molecule has 0 unspecified atom stereocenters. The van der Waals surface area contributed by atoms with Gasteiger partial charge in [0.15, 0.2) is 0 Å². The zero-order valence-electron chi connectivity index (χ0n) is 10.3. The Balaban J connectivity index is 2.35. The summed E-state index contributed by atoms with van der Waals surface area (Å²) in [7, 11) is -1.87. The second-order valence-electron chi connectivity index (χ2n) is 4.42. The predicted molar refractivity (Wildman–Crippen MR) is 67.5 cm³/mol. The molecule has 1 aliphatic heterocycles. The molecule has 0 saturated carbocycles. The molecule has 1 heterocycles. The van der Waals surface area contributed by atoms with Crippen molar-refractivity contribution in [2.24, 2.45) is 0 Å². The Hall–Kier alpha value is -1.42. The van der Waals surface area contributed by atoms with Crippen LogP contribution in [-0.2, 0) is 10.0 Å². The molecule has 1 aliphatic rings. The average Bonchev–Trinajstić information content (AvgIpc) is 2.26. The van der Waals surface area contributed by atoms with Crippen molar-refractivity contribution in [3.05, 3.63) is 29.3 Å². The second kappa shape index (κ2) is 4.69. The largest absolute Gasteiger partial charge is 0.313 e. The molecule has 1 aromatic rings. The van der Waals surface area contributed by atoms with Gasteiger partial charge in [0, 0.05) is 26.2 Å². The van der Waals surface area contributed by atoms with E-state index in [1.165, 1.54) is 10.4 Å². The molecule has 5 nitrogen and oxygen atoms in total. The minimum Gasteiger partial charge on any atom is -0.313 e. The highest BCUT2D eigenvalue weighted by atomic mass is 32.2. The van der Waals surface area contributed by atoms with E-state index in [4.69, 9.17) is 5.26 Å². The molecular formula is C12H15N3O2S. The summed E-state index contributed by atoms with van der Waals surface area (Å²) in [5.41, 5.74) is 1.18. The number of hydrogen-bond acceptors (Lipinski definition) is 4. The fourth-order valence-corrected chi connectivity index (χ4v) is 3.25. The SMILES string of the molecule is Cc1cc(S(=O)(=O)N(C)C2CNC2)ccc1C#N. The van der Waals surface area contributed by atoms with Crippen molar-refractivity contribution in [3.8, 4) is 6.07 Å². The van der Waals surface area contributed by atoms with Crippen LogP contribution in [0.2, 0.25) is 0 Å². The maximum Gasteiger partial charge on any atom is 0.243 e. The van der Waals surface area contributed by atoms with E-state index >= 15 is 0 Å². The molecule has 1 saturated heterocycles. The van der Waals surface area contributed by atoms with Gasteiger partial charge in [0.2, 0.25) is 10.0 Å². The standard InChI is InChI=1S/C12H15N3O2S/c1-9-5-12(4-3-10(9)6-13)18(16,17)15(2)11-7-14-8-11/h3-5,11,14H,7-8H2,1-2H3. The quantitative estimate of drug-likeness (QED) is 0.861. The van der Waals surface area contributed by atoms with Gasteiger partial charge in [-0.15, -0.1) is 0 Å². The highest BCUT2D eigenvalue weighted by Gasteiger charge is 2.31. The molecule has 96 valence electrons. The fourth-order valence-electron chi connectivity index (χ4n) is 1.82. The van der Waals surface area contributed by atoms with Gasteiger partial charge in [0.1, 0.15) is 0 Å². The van der Waals surface area contributed by atoms with E-state index in [1.807, 2.05) is 6.07 Å². The third kappa shape index (κ3) is 2.12. The van der Waals surface area contributed by atoms with Crippen LogP contribution in [0.1, 0.15) is 11.1 Å². The molecule has 0 spiro atoms. The molecule has 1 N–H and O–H groups in total. The van der Waals surface area contributed by atoms with Crippen LogP contribution in [-0.4, -0.2) is 38.9 Å². The Morgan fingerprint density at radius 1 is 1.44 bits per heavy atom. The van der Waals surface area contributed by atoms with Crippen LogP contribution >= 0.6 is 0 Å². The molecule has 0 aromatic heterocycles. The monoisotopic (exact) mass is 265 g/mol. The highest BCUT2D eigenvalue weighted by molar-refractivity contribution is 7.89. The Labute approximate surface area is 107 Å². The van der Waals surface area contributed by atoms with Crippen LogP contribution in [0.15, 0.2) is 23.1 Å². The predicted octanol–water partition coefficient (Wildman–Crippen LogP) is 0.459. The van der Waals surface area contributed by atoms with Gasteiger partial charge >= 0.3 is 0 Å². The first-order valence-electron chi connectivity index (χ1n) is 5.66. The van der Waals surface area contributed by atoms with Crippen LogP contribution in [0.25, 0.3) is 0 Å². The van der Waals surface area contributed by atoms with Crippen molar-refractivity contribution in [2.45, 2.75) is 17.9 Å². The molecule has 0 bridgehead atoms. The Kier molecular flexibility index (Phi) is 3.39. The lowest BCUT2D eigenvalue weighted by Crippen LogP contribution is -2.57. The van der Waals surface area contributed by atoms with Crippen LogP contribution < -0.4 is 5.32 Å². The summed E-state index contributed by atoms with van der Waals surface area (Å²) in [6.07, 6.45) is 0. The third-order valence-corrected chi connectivity index (χ3v) is 5.18. The fraction of sp³-hybridized carbons (Fsp3) is 0.417. The number of nitrogens with zero attached hydrogens (tertiary/aromatic N) is 2. The summed E-state index contributed by atoms with van der Waals surface area (Å²) >= 11 is 0. The van der Waals surface area contributed by atoms with Crippen molar-refractivity contribution < 1.29 is 8.42 Å². The van der Waals surface area contributed by atoms with Crippen molar-refractivity contribution in [1.29, 1.82) is 5.26 Å². The first kappa shape index (κ1) is 13.0. The Morgan fingerprint density at radius 3 is 2.56 bits per heavy atom. The van der Waals surface area contributed by atoms with Crippen molar-refractivity contribution in [1.82, 2.24) is 9.62 Å². The summed E-state index contributed by atoms with van der Waals surface area (Å²) < 4.78 is 26.1. The molecule has 2 rings (SSSR count). The number of nitrogens with one attached hydrogen (secondary N) is 1. The van der Waals surface area contributed by atoms with Crippen molar-refractivity contribution in [3.63, 3.8) is 0 Å². The first-order chi connectivity index (χ1) is 8.46. The second-order valence-corrected chi connectivity index (χ2v) is 6.42. The molecule has 1 aromatic carbocycles. The van der Waals surface area contributed by atoms with E-state index in [2.05, 4.69) is 5.32 Å². The zero-order valence-corrected chi connectivity index (χ0v) is 11.2. The number of hydrogen-bond donors (Lipinski definition) is 1. The topological polar surface area (TPSA) is 73.2 Å². The summed E-state index contributed by atoms with van der Waals surface area (Å²) in [6, 6.07) is 6.64. The average molecular weight is 265 g/mol. The van der Waals surface area contributed by atoms with E-state index in [0.717, 1.165) is 0 Å². The molecular weight excluding hydrogens is 250 g/mol. The highest BCUT2D eigenvalue weighted by Crippen LogP contribution is 2.20.